The van der Waals surface area contributed by atoms with E-state index in [1.807, 2.05) is 0 Å². The summed E-state index contributed by atoms with van der Waals surface area (Å²) < 4.78 is 0. The second-order valence-electron chi connectivity index (χ2n) is 8.94. The molecule has 1 aliphatic carbocycles. The molecule has 146 valence electrons. The molecule has 1 fully saturated rings. The van der Waals surface area contributed by atoms with Gasteiger partial charge in [0.25, 0.3) is 0 Å². The zero-order chi connectivity index (χ0) is 19.4. The number of hydrogen-bond donors (Lipinski definition) is 1. The van der Waals surface area contributed by atoms with Gasteiger partial charge in [0.1, 0.15) is 5.78 Å². The number of carbonyl (C=O) groups excluding carboxylic acids is 1. The summed E-state index contributed by atoms with van der Waals surface area (Å²) in [6.07, 6.45) is 6.03. The Morgan fingerprint density at radius 1 is 1.11 bits per heavy atom. The van der Waals surface area contributed by atoms with E-state index in [1.165, 1.54) is 34.7 Å². The van der Waals surface area contributed by atoms with Gasteiger partial charge < -0.3 is 5.73 Å². The largest absolute Gasteiger partial charge is 0.330 e. The summed E-state index contributed by atoms with van der Waals surface area (Å²) in [6.45, 7) is 7.56. The van der Waals surface area contributed by atoms with Gasteiger partial charge in [0.15, 0.2) is 0 Å². The highest BCUT2D eigenvalue weighted by Gasteiger charge is 2.35. The van der Waals surface area contributed by atoms with Crippen LogP contribution in [0.5, 0.6) is 0 Å². The maximum absolute atomic E-state index is 13.4. The van der Waals surface area contributed by atoms with Crippen LogP contribution in [-0.2, 0) is 17.6 Å². The molecule has 0 unspecified atom stereocenters. The summed E-state index contributed by atoms with van der Waals surface area (Å²) in [5, 5.41) is 2.49. The van der Waals surface area contributed by atoms with Crippen LogP contribution in [0.25, 0.3) is 10.8 Å². The molecule has 0 aromatic heterocycles. The summed E-state index contributed by atoms with van der Waals surface area (Å²) in [5.74, 6) is 2.47. The second kappa shape index (κ2) is 9.01. The monoisotopic (exact) mass is 365 g/mol. The maximum Gasteiger partial charge on any atom is 0.140 e. The van der Waals surface area contributed by atoms with Crippen molar-refractivity contribution in [3.63, 3.8) is 0 Å². The van der Waals surface area contributed by atoms with Gasteiger partial charge in [-0.05, 0) is 71.9 Å². The Morgan fingerprint density at radius 2 is 1.78 bits per heavy atom. The molecular formula is C25H35NO. The van der Waals surface area contributed by atoms with Crippen molar-refractivity contribution in [2.24, 2.45) is 29.4 Å². The van der Waals surface area contributed by atoms with Crippen molar-refractivity contribution in [3.05, 3.63) is 47.5 Å². The Morgan fingerprint density at radius 3 is 2.41 bits per heavy atom. The van der Waals surface area contributed by atoms with Crippen LogP contribution in [0.3, 0.4) is 0 Å². The van der Waals surface area contributed by atoms with E-state index in [0.29, 0.717) is 36.5 Å². The summed E-state index contributed by atoms with van der Waals surface area (Å²) >= 11 is 0. The molecule has 3 rings (SSSR count). The molecular weight excluding hydrogens is 330 g/mol. The van der Waals surface area contributed by atoms with Crippen LogP contribution in [0.4, 0.5) is 0 Å². The average Bonchev–Trinajstić information content (AvgIpc) is 2.65. The number of ketones is 1. The zero-order valence-electron chi connectivity index (χ0n) is 17.2. The molecule has 0 spiro atoms. The maximum atomic E-state index is 13.4. The number of hydrogen-bond acceptors (Lipinski definition) is 2. The minimum Gasteiger partial charge on any atom is -0.330 e. The number of Topliss-reactive ketones (excluding diaryl/α,β-unsaturated/α-hetero) is 1. The van der Waals surface area contributed by atoms with Gasteiger partial charge >= 0.3 is 0 Å². The molecule has 0 heterocycles. The van der Waals surface area contributed by atoms with Crippen molar-refractivity contribution in [1.29, 1.82) is 0 Å². The molecule has 0 aliphatic heterocycles. The molecule has 2 aromatic carbocycles. The third kappa shape index (κ3) is 4.79. The van der Waals surface area contributed by atoms with Crippen LogP contribution in [-0.4, -0.2) is 12.3 Å². The number of carbonyl (C=O) groups is 1. The average molecular weight is 366 g/mol. The van der Waals surface area contributed by atoms with E-state index in [-0.39, 0.29) is 5.92 Å². The molecule has 0 saturated heterocycles. The first-order chi connectivity index (χ1) is 13.0. The summed E-state index contributed by atoms with van der Waals surface area (Å²) in [5.41, 5.74) is 8.28. The van der Waals surface area contributed by atoms with Crippen molar-refractivity contribution in [3.8, 4) is 0 Å². The Bertz CT molecular complexity index is 779. The van der Waals surface area contributed by atoms with Crippen LogP contribution in [0.2, 0.25) is 0 Å². The zero-order valence-corrected chi connectivity index (χ0v) is 17.2. The first kappa shape index (κ1) is 20.1. The van der Waals surface area contributed by atoms with Crippen molar-refractivity contribution < 1.29 is 4.79 Å². The van der Waals surface area contributed by atoms with E-state index in [9.17, 15) is 4.79 Å². The fourth-order valence-corrected chi connectivity index (χ4v) is 4.92. The van der Waals surface area contributed by atoms with Gasteiger partial charge in [-0.3, -0.25) is 4.79 Å². The minimum atomic E-state index is 0.225. The first-order valence-electron chi connectivity index (χ1n) is 10.7. The fourth-order valence-electron chi connectivity index (χ4n) is 4.92. The van der Waals surface area contributed by atoms with E-state index in [0.717, 1.165) is 19.3 Å². The van der Waals surface area contributed by atoms with Crippen LogP contribution in [0.15, 0.2) is 36.4 Å². The normalized spacial score (nSPS) is 23.1. The lowest BCUT2D eigenvalue weighted by molar-refractivity contribution is -0.126. The van der Waals surface area contributed by atoms with E-state index in [2.05, 4.69) is 57.2 Å². The van der Waals surface area contributed by atoms with E-state index in [1.54, 1.807) is 0 Å². The van der Waals surface area contributed by atoms with Crippen molar-refractivity contribution >= 4 is 16.6 Å². The molecule has 2 nitrogen and oxygen atoms in total. The Labute approximate surface area is 164 Å². The van der Waals surface area contributed by atoms with Crippen LogP contribution < -0.4 is 5.73 Å². The molecule has 0 bridgehead atoms. The standard InChI is InChI=1S/C25H35NO/c1-17(2)23-11-10-18(3)13-24(23)25(27)16-22-15-20-8-5-4-7-19(20)14-21(22)9-6-12-26/h4-5,7-8,14-15,17-18,23-24H,6,9-13,16,26H2,1-3H3/t18-,23+,24-/m1/s1. The number of rotatable bonds is 7. The molecule has 27 heavy (non-hydrogen) atoms. The van der Waals surface area contributed by atoms with Gasteiger partial charge in [0.2, 0.25) is 0 Å². The number of benzene rings is 2. The minimum absolute atomic E-state index is 0.225. The highest BCUT2D eigenvalue weighted by molar-refractivity contribution is 5.88. The van der Waals surface area contributed by atoms with Gasteiger partial charge in [0, 0.05) is 12.3 Å². The smallest absolute Gasteiger partial charge is 0.140 e. The highest BCUT2D eigenvalue weighted by Crippen LogP contribution is 2.39. The predicted molar refractivity (Wildman–Crippen MR) is 115 cm³/mol. The van der Waals surface area contributed by atoms with Gasteiger partial charge in [-0.25, -0.2) is 0 Å². The Balaban J connectivity index is 1.88. The highest BCUT2D eigenvalue weighted by atomic mass is 16.1. The molecule has 3 atom stereocenters. The Hall–Kier alpha value is -1.67. The van der Waals surface area contributed by atoms with Gasteiger partial charge in [-0.15, -0.1) is 0 Å². The molecule has 1 aliphatic rings. The van der Waals surface area contributed by atoms with Gasteiger partial charge in [-0.2, -0.15) is 0 Å². The molecule has 0 radical (unpaired) electrons. The van der Waals surface area contributed by atoms with E-state index >= 15 is 0 Å². The lowest BCUT2D eigenvalue weighted by Crippen LogP contribution is -2.34. The Kier molecular flexibility index (Phi) is 6.70. The van der Waals surface area contributed by atoms with Crippen molar-refractivity contribution in [2.75, 3.05) is 6.54 Å². The quantitative estimate of drug-likeness (QED) is 0.699. The number of nitrogens with two attached hydrogens (primary N) is 1. The van der Waals surface area contributed by atoms with E-state index in [4.69, 9.17) is 5.73 Å². The topological polar surface area (TPSA) is 43.1 Å². The van der Waals surface area contributed by atoms with Crippen LogP contribution in [0.1, 0.15) is 57.6 Å². The van der Waals surface area contributed by atoms with Crippen molar-refractivity contribution in [1.82, 2.24) is 0 Å². The van der Waals surface area contributed by atoms with Crippen LogP contribution in [0, 0.1) is 23.7 Å². The summed E-state index contributed by atoms with van der Waals surface area (Å²) in [4.78, 5) is 13.4. The second-order valence-corrected chi connectivity index (χ2v) is 8.94. The SMILES string of the molecule is CC(C)[C@@H]1CC[C@@H](C)C[C@H]1C(=O)Cc1cc2ccccc2cc1CCCN. The lowest BCUT2D eigenvalue weighted by Gasteiger charge is -2.36. The predicted octanol–water partition coefficient (Wildman–Crippen LogP) is 5.55. The summed E-state index contributed by atoms with van der Waals surface area (Å²) in [7, 11) is 0. The molecule has 2 aromatic rings. The number of fused-ring (bicyclic) bond motifs is 1. The third-order valence-corrected chi connectivity index (χ3v) is 6.52. The van der Waals surface area contributed by atoms with E-state index < -0.39 is 0 Å². The van der Waals surface area contributed by atoms with Gasteiger partial charge in [0.05, 0.1) is 0 Å². The van der Waals surface area contributed by atoms with Crippen molar-refractivity contribution in [2.45, 2.75) is 59.3 Å². The summed E-state index contributed by atoms with van der Waals surface area (Å²) in [6, 6.07) is 13.0. The van der Waals surface area contributed by atoms with Gasteiger partial charge in [-0.1, -0.05) is 63.6 Å². The first-order valence-corrected chi connectivity index (χ1v) is 10.7. The molecule has 0 amide bonds. The molecule has 2 heteroatoms. The fraction of sp³-hybridized carbons (Fsp3) is 0.560. The molecule has 2 N–H and O–H groups in total. The lowest BCUT2D eigenvalue weighted by atomic mass is 9.68. The molecule has 1 saturated carbocycles. The number of aryl methyl sites for hydroxylation is 1. The third-order valence-electron chi connectivity index (χ3n) is 6.52. The van der Waals surface area contributed by atoms with Crippen LogP contribution >= 0.6 is 0 Å².